The van der Waals surface area contributed by atoms with E-state index in [0.29, 0.717) is 5.92 Å². The fourth-order valence-electron chi connectivity index (χ4n) is 1.39. The second-order valence-corrected chi connectivity index (χ2v) is 4.07. The van der Waals surface area contributed by atoms with E-state index < -0.39 is 5.54 Å². The summed E-state index contributed by atoms with van der Waals surface area (Å²) in [6.07, 6.45) is 4.89. The first-order valence-electron chi connectivity index (χ1n) is 5.28. The van der Waals surface area contributed by atoms with Crippen molar-refractivity contribution in [3.63, 3.8) is 0 Å². The number of rotatable bonds is 6. The van der Waals surface area contributed by atoms with Crippen LogP contribution in [0.15, 0.2) is 0 Å². The van der Waals surface area contributed by atoms with E-state index in [9.17, 15) is 0 Å². The molecule has 0 rings (SSSR count). The van der Waals surface area contributed by atoms with Gasteiger partial charge in [0.15, 0.2) is 0 Å². The molecule has 0 radical (unpaired) electrons. The van der Waals surface area contributed by atoms with Crippen molar-refractivity contribution in [2.75, 3.05) is 0 Å². The Morgan fingerprint density at radius 2 is 2.00 bits per heavy atom. The highest BCUT2D eigenvalue weighted by atomic mass is 14.7. The maximum atomic E-state index is 8.93. The summed E-state index contributed by atoms with van der Waals surface area (Å²) < 4.78 is 0. The monoisotopic (exact) mass is 182 g/mol. The molecule has 0 aliphatic heterocycles. The summed E-state index contributed by atoms with van der Waals surface area (Å²) in [7, 11) is 0. The van der Waals surface area contributed by atoms with Crippen molar-refractivity contribution in [3.8, 4) is 6.07 Å². The smallest absolute Gasteiger partial charge is 0.104 e. The van der Waals surface area contributed by atoms with Gasteiger partial charge in [0.2, 0.25) is 0 Å². The minimum absolute atomic E-state index is 0.571. The van der Waals surface area contributed by atoms with E-state index in [2.05, 4.69) is 26.8 Å². The predicted octanol–water partition coefficient (Wildman–Crippen LogP) is 2.83. The Bertz CT molecular complexity index is 171. The normalized spacial score (nSPS) is 17.5. The molecule has 0 heterocycles. The van der Waals surface area contributed by atoms with Crippen LogP contribution in [0.1, 0.15) is 52.9 Å². The van der Waals surface area contributed by atoms with E-state index in [1.807, 2.05) is 0 Å². The van der Waals surface area contributed by atoms with E-state index in [-0.39, 0.29) is 0 Å². The van der Waals surface area contributed by atoms with Gasteiger partial charge in [0, 0.05) is 0 Å². The third kappa shape index (κ3) is 4.90. The maximum Gasteiger partial charge on any atom is 0.104 e. The first kappa shape index (κ1) is 12.4. The zero-order valence-corrected chi connectivity index (χ0v) is 9.14. The molecular weight excluding hydrogens is 160 g/mol. The van der Waals surface area contributed by atoms with Gasteiger partial charge >= 0.3 is 0 Å². The van der Waals surface area contributed by atoms with E-state index >= 15 is 0 Å². The van der Waals surface area contributed by atoms with Crippen LogP contribution in [0.25, 0.3) is 0 Å². The third-order valence-corrected chi connectivity index (χ3v) is 2.70. The molecule has 0 spiro atoms. The SMILES string of the molecule is CCCC(N)(C#N)CCC(C)CC. The summed E-state index contributed by atoms with van der Waals surface area (Å²) in [6.45, 7) is 6.46. The number of nitrogens with two attached hydrogens (primary N) is 1. The minimum Gasteiger partial charge on any atom is -0.313 e. The molecule has 2 nitrogen and oxygen atoms in total. The quantitative estimate of drug-likeness (QED) is 0.686. The summed E-state index contributed by atoms with van der Waals surface area (Å²) in [6, 6.07) is 2.24. The van der Waals surface area contributed by atoms with Crippen molar-refractivity contribution < 1.29 is 0 Å². The highest BCUT2D eigenvalue weighted by Crippen LogP contribution is 2.20. The zero-order valence-electron chi connectivity index (χ0n) is 9.14. The van der Waals surface area contributed by atoms with Gasteiger partial charge in [-0.1, -0.05) is 33.6 Å². The lowest BCUT2D eigenvalue weighted by atomic mass is 9.87. The molecule has 0 aromatic rings. The average molecular weight is 182 g/mol. The second kappa shape index (κ2) is 5.99. The molecule has 0 aliphatic carbocycles. The molecule has 13 heavy (non-hydrogen) atoms. The number of hydrogen-bond acceptors (Lipinski definition) is 2. The molecule has 2 N–H and O–H groups in total. The molecule has 2 unspecified atom stereocenters. The van der Waals surface area contributed by atoms with Gasteiger partial charge in [0.25, 0.3) is 0 Å². The Kier molecular flexibility index (Phi) is 5.73. The Labute approximate surface area is 82.1 Å². The van der Waals surface area contributed by atoms with Gasteiger partial charge in [-0.3, -0.25) is 0 Å². The lowest BCUT2D eigenvalue weighted by molar-refractivity contribution is 0.388. The Hall–Kier alpha value is -0.550. The van der Waals surface area contributed by atoms with Crippen LogP contribution in [-0.4, -0.2) is 5.54 Å². The van der Waals surface area contributed by atoms with Crippen LogP contribution in [0.5, 0.6) is 0 Å². The van der Waals surface area contributed by atoms with Gasteiger partial charge in [-0.25, -0.2) is 0 Å². The van der Waals surface area contributed by atoms with Gasteiger partial charge in [-0.2, -0.15) is 5.26 Å². The number of hydrogen-bond donors (Lipinski definition) is 1. The van der Waals surface area contributed by atoms with Crippen LogP contribution >= 0.6 is 0 Å². The van der Waals surface area contributed by atoms with Crippen LogP contribution in [0, 0.1) is 17.2 Å². The molecular formula is C11H22N2. The summed E-state index contributed by atoms with van der Waals surface area (Å²) >= 11 is 0. The van der Waals surface area contributed by atoms with E-state index in [1.54, 1.807) is 0 Å². The van der Waals surface area contributed by atoms with Crippen LogP contribution < -0.4 is 5.73 Å². The second-order valence-electron chi connectivity index (χ2n) is 4.07. The fraction of sp³-hybridized carbons (Fsp3) is 0.909. The molecule has 0 saturated heterocycles. The lowest BCUT2D eigenvalue weighted by Crippen LogP contribution is -2.38. The van der Waals surface area contributed by atoms with Gasteiger partial charge in [0.1, 0.15) is 5.54 Å². The van der Waals surface area contributed by atoms with E-state index in [1.165, 1.54) is 6.42 Å². The molecule has 0 amide bonds. The van der Waals surface area contributed by atoms with Gasteiger partial charge in [-0.15, -0.1) is 0 Å². The van der Waals surface area contributed by atoms with Crippen molar-refractivity contribution in [1.82, 2.24) is 0 Å². The molecule has 0 aromatic carbocycles. The van der Waals surface area contributed by atoms with Crippen LogP contribution in [-0.2, 0) is 0 Å². The summed E-state index contributed by atoms with van der Waals surface area (Å²) in [5.74, 6) is 0.688. The first-order chi connectivity index (χ1) is 6.08. The Morgan fingerprint density at radius 1 is 1.38 bits per heavy atom. The van der Waals surface area contributed by atoms with Gasteiger partial charge < -0.3 is 5.73 Å². The van der Waals surface area contributed by atoms with Gasteiger partial charge in [0.05, 0.1) is 6.07 Å². The van der Waals surface area contributed by atoms with E-state index in [4.69, 9.17) is 11.0 Å². The molecule has 76 valence electrons. The Morgan fingerprint density at radius 3 is 2.38 bits per heavy atom. The lowest BCUT2D eigenvalue weighted by Gasteiger charge is -2.22. The van der Waals surface area contributed by atoms with Gasteiger partial charge in [-0.05, 0) is 25.2 Å². The highest BCUT2D eigenvalue weighted by molar-refractivity contribution is 5.04. The number of nitrogens with zero attached hydrogens (tertiary/aromatic N) is 1. The maximum absolute atomic E-state index is 8.93. The van der Waals surface area contributed by atoms with Crippen molar-refractivity contribution in [1.29, 1.82) is 5.26 Å². The summed E-state index contributed by atoms with van der Waals surface area (Å²) in [4.78, 5) is 0. The Balaban J connectivity index is 3.92. The molecule has 0 aliphatic rings. The van der Waals surface area contributed by atoms with Crippen LogP contribution in [0.2, 0.25) is 0 Å². The average Bonchev–Trinajstić information content (AvgIpc) is 2.15. The van der Waals surface area contributed by atoms with Crippen molar-refractivity contribution in [2.45, 2.75) is 58.4 Å². The fourth-order valence-corrected chi connectivity index (χ4v) is 1.39. The van der Waals surface area contributed by atoms with Crippen LogP contribution in [0.3, 0.4) is 0 Å². The van der Waals surface area contributed by atoms with E-state index in [0.717, 1.165) is 25.7 Å². The first-order valence-corrected chi connectivity index (χ1v) is 5.28. The molecule has 0 saturated carbocycles. The highest BCUT2D eigenvalue weighted by Gasteiger charge is 2.23. The topological polar surface area (TPSA) is 49.8 Å². The molecule has 2 atom stereocenters. The summed E-state index contributed by atoms with van der Waals surface area (Å²) in [5.41, 5.74) is 5.38. The largest absolute Gasteiger partial charge is 0.313 e. The minimum atomic E-state index is -0.571. The van der Waals surface area contributed by atoms with Crippen LogP contribution in [0.4, 0.5) is 0 Å². The molecule has 0 aromatic heterocycles. The third-order valence-electron chi connectivity index (χ3n) is 2.70. The summed E-state index contributed by atoms with van der Waals surface area (Å²) in [5, 5.41) is 8.93. The van der Waals surface area contributed by atoms with Crippen molar-refractivity contribution in [2.24, 2.45) is 11.7 Å². The predicted molar refractivity (Wildman–Crippen MR) is 56.1 cm³/mol. The van der Waals surface area contributed by atoms with Crippen molar-refractivity contribution >= 4 is 0 Å². The standard InChI is InChI=1S/C11H22N2/c1-4-7-11(13,9-12)8-6-10(3)5-2/h10H,4-8,13H2,1-3H3. The molecule has 0 fully saturated rings. The molecule has 0 bridgehead atoms. The number of nitriles is 1. The zero-order chi connectivity index (χ0) is 10.3. The molecule has 2 heteroatoms. The van der Waals surface area contributed by atoms with Crippen molar-refractivity contribution in [3.05, 3.63) is 0 Å².